The second kappa shape index (κ2) is 19.1. The van der Waals surface area contributed by atoms with Gasteiger partial charge in [0.05, 0.1) is 0 Å². The molecule has 7 aromatic rings. The topological polar surface area (TPSA) is 69.2 Å². The van der Waals surface area contributed by atoms with Crippen LogP contribution in [-0.2, 0) is 13.1 Å². The first-order chi connectivity index (χ1) is 25.5. The third-order valence-corrected chi connectivity index (χ3v) is 9.04. The molecular weight excluding hydrogens is 870 g/mol. The maximum atomic E-state index is 13.3. The van der Waals surface area contributed by atoms with Crippen molar-refractivity contribution in [2.24, 2.45) is 0 Å². The molecule has 0 atom stereocenters. The average Bonchev–Trinajstić information content (AvgIpc) is 3.17. The zero-order valence-corrected chi connectivity index (χ0v) is 33.8. The number of amides is 2. The number of carbonyl (C=O) groups excluding carboxylic acids is 2. The molecule has 0 saturated carbocycles. The van der Waals surface area contributed by atoms with Gasteiger partial charge in [0.15, 0.2) is 37.9 Å². The summed E-state index contributed by atoms with van der Waals surface area (Å²) in [4.78, 5) is 28.7. The Morgan fingerprint density at radius 2 is 0.852 bits per heavy atom. The Morgan fingerprint density at radius 3 is 1.24 bits per heavy atom. The number of hydrogen-bond acceptors (Lipinski definition) is 3. The van der Waals surface area contributed by atoms with Gasteiger partial charge in [-0.25, -0.2) is 0 Å². The van der Waals surface area contributed by atoms with Gasteiger partial charge in [0, 0.05) is 55.9 Å². The molecule has 7 nitrogen and oxygen atoms in total. The molecule has 10 heteroatoms. The quantitative estimate of drug-likeness (QED) is 0.197. The lowest BCUT2D eigenvalue weighted by Crippen LogP contribution is -3.00. The van der Waals surface area contributed by atoms with Gasteiger partial charge in [-0.2, -0.15) is 9.13 Å². The Labute approximate surface area is 344 Å². The van der Waals surface area contributed by atoms with E-state index in [2.05, 4.69) is 55.7 Å². The summed E-state index contributed by atoms with van der Waals surface area (Å²) in [5.74, 6) is -0.392. The highest BCUT2D eigenvalue weighted by Crippen LogP contribution is 2.35. The van der Waals surface area contributed by atoms with Crippen LogP contribution in [0.2, 0.25) is 0 Å². The van der Waals surface area contributed by atoms with E-state index in [1.54, 1.807) is 0 Å². The Bertz CT molecular complexity index is 2150. The van der Waals surface area contributed by atoms with Crippen molar-refractivity contribution in [2.75, 3.05) is 15.5 Å². The van der Waals surface area contributed by atoms with Crippen LogP contribution in [0.15, 0.2) is 187 Å². The fourth-order valence-corrected chi connectivity index (χ4v) is 6.21. The predicted molar refractivity (Wildman–Crippen MR) is 209 cm³/mol. The van der Waals surface area contributed by atoms with Crippen molar-refractivity contribution in [3.8, 4) is 0 Å². The smallest absolute Gasteiger partial charge is 0.255 e. The first-order valence-corrected chi connectivity index (χ1v) is 17.7. The number of hydrogen-bond donors (Lipinski definition) is 2. The monoisotopic (exact) mass is 903 g/mol. The van der Waals surface area contributed by atoms with Crippen LogP contribution in [0.5, 0.6) is 0 Å². The summed E-state index contributed by atoms with van der Waals surface area (Å²) in [6.07, 6.45) is 7.83. The van der Waals surface area contributed by atoms with Crippen molar-refractivity contribution in [1.29, 1.82) is 0 Å². The largest absolute Gasteiger partial charge is 1.00 e. The summed E-state index contributed by atoms with van der Waals surface area (Å²) in [7, 11) is 0. The molecule has 0 bridgehead atoms. The Morgan fingerprint density at radius 1 is 0.481 bits per heavy atom. The van der Waals surface area contributed by atoms with Crippen molar-refractivity contribution < 1.29 is 52.7 Å². The number of nitrogens with one attached hydrogen (secondary N) is 2. The lowest BCUT2D eigenvalue weighted by Gasteiger charge is -2.26. The van der Waals surface area contributed by atoms with Crippen LogP contribution in [0.3, 0.4) is 0 Å². The van der Waals surface area contributed by atoms with Crippen molar-refractivity contribution in [3.05, 3.63) is 209 Å². The standard InChI is InChI=1S/C44H34BrN5O2.2BrH/c45-37-19-25-42(26-20-37)50(40-21-15-35(16-22-40)43(51)46-38-13-7-27-48(31-38)29-33-9-3-1-4-10-33)41-23-17-36(18-24-41)44(52)47-39-14-8-28-49(32-39)30-34-11-5-2-6-12-34;;/h1-28,31-32H,29-30H2;2*1H. The molecule has 0 spiro atoms. The van der Waals surface area contributed by atoms with Crippen LogP contribution in [0, 0.1) is 0 Å². The maximum absolute atomic E-state index is 13.3. The van der Waals surface area contributed by atoms with E-state index in [1.807, 2.05) is 167 Å². The summed E-state index contributed by atoms with van der Waals surface area (Å²) in [6, 6.07) is 51.0. The summed E-state index contributed by atoms with van der Waals surface area (Å²) < 4.78 is 5.05. The van der Waals surface area contributed by atoms with Gasteiger partial charge in [0.1, 0.15) is 11.4 Å². The molecule has 2 amide bonds. The molecule has 0 fully saturated rings. The lowest BCUT2D eigenvalue weighted by atomic mass is 10.1. The summed E-state index contributed by atoms with van der Waals surface area (Å²) in [5, 5.41) is 6.07. The fourth-order valence-electron chi connectivity index (χ4n) is 5.94. The molecule has 54 heavy (non-hydrogen) atoms. The first kappa shape index (κ1) is 39.8. The number of rotatable bonds is 11. The minimum atomic E-state index is -0.196. The number of benzene rings is 5. The molecule has 0 saturated heterocycles. The minimum absolute atomic E-state index is 0. The summed E-state index contributed by atoms with van der Waals surface area (Å²) >= 11 is 3.54. The van der Waals surface area contributed by atoms with E-state index in [-0.39, 0.29) is 45.8 Å². The van der Waals surface area contributed by atoms with Gasteiger partial charge >= 0.3 is 0 Å². The lowest BCUT2D eigenvalue weighted by molar-refractivity contribution is -0.687. The molecule has 270 valence electrons. The van der Waals surface area contributed by atoms with E-state index >= 15 is 0 Å². The van der Waals surface area contributed by atoms with Gasteiger partial charge in [-0.15, -0.1) is 0 Å². The van der Waals surface area contributed by atoms with Gasteiger partial charge in [0.2, 0.25) is 0 Å². The number of aromatic nitrogens is 2. The molecule has 0 aliphatic heterocycles. The minimum Gasteiger partial charge on any atom is -1.00 e. The Hall–Kier alpha value is -5.42. The number of anilines is 5. The highest BCUT2D eigenvalue weighted by atomic mass is 79.9. The van der Waals surface area contributed by atoms with Crippen molar-refractivity contribution in [2.45, 2.75) is 13.1 Å². The third-order valence-electron chi connectivity index (χ3n) is 8.51. The zero-order valence-electron chi connectivity index (χ0n) is 29.0. The molecule has 0 radical (unpaired) electrons. The van der Waals surface area contributed by atoms with Crippen LogP contribution < -0.4 is 58.6 Å². The second-order valence-corrected chi connectivity index (χ2v) is 13.2. The van der Waals surface area contributed by atoms with Crippen LogP contribution in [0.1, 0.15) is 31.8 Å². The SMILES string of the molecule is O=C(Nc1ccc[n+](Cc2ccccc2)c1)c1ccc(N(c2ccc(Br)cc2)c2ccc(C(=O)Nc3ccc[n+](Cc4ccccc4)c3)cc2)cc1.[Br-].[Br-]. The Balaban J connectivity index is 0.00000280. The van der Waals surface area contributed by atoms with Crippen LogP contribution in [0.4, 0.5) is 28.4 Å². The van der Waals surface area contributed by atoms with E-state index in [1.165, 1.54) is 11.1 Å². The highest BCUT2D eigenvalue weighted by Gasteiger charge is 2.16. The molecule has 0 aliphatic rings. The molecule has 0 unspecified atom stereocenters. The summed E-state index contributed by atoms with van der Waals surface area (Å²) in [6.45, 7) is 1.41. The predicted octanol–water partition coefficient (Wildman–Crippen LogP) is 3.10. The normalized spacial score (nSPS) is 10.3. The molecule has 2 aromatic heterocycles. The van der Waals surface area contributed by atoms with Gasteiger partial charge in [0.25, 0.3) is 11.8 Å². The highest BCUT2D eigenvalue weighted by molar-refractivity contribution is 9.10. The second-order valence-electron chi connectivity index (χ2n) is 12.3. The van der Waals surface area contributed by atoms with Crippen LogP contribution in [-0.4, -0.2) is 11.8 Å². The van der Waals surface area contributed by atoms with Gasteiger partial charge in [-0.3, -0.25) is 9.59 Å². The number of halogens is 3. The van der Waals surface area contributed by atoms with Crippen LogP contribution in [0.25, 0.3) is 0 Å². The third kappa shape index (κ3) is 10.4. The zero-order chi connectivity index (χ0) is 35.7. The van der Waals surface area contributed by atoms with Gasteiger partial charge in [-0.1, -0.05) is 76.6 Å². The summed E-state index contributed by atoms with van der Waals surface area (Å²) in [5.41, 5.74) is 7.52. The maximum Gasteiger partial charge on any atom is 0.255 e. The average molecular weight is 907 g/mol. The first-order valence-electron chi connectivity index (χ1n) is 16.9. The van der Waals surface area contributed by atoms with E-state index in [0.29, 0.717) is 35.6 Å². The fraction of sp³-hybridized carbons (Fsp3) is 0.0455. The van der Waals surface area contributed by atoms with Gasteiger partial charge < -0.3 is 49.5 Å². The molecule has 7 rings (SSSR count). The molecule has 5 aromatic carbocycles. The van der Waals surface area contributed by atoms with E-state index in [0.717, 1.165) is 21.5 Å². The van der Waals surface area contributed by atoms with E-state index in [9.17, 15) is 9.59 Å². The number of pyridine rings is 2. The van der Waals surface area contributed by atoms with Crippen molar-refractivity contribution in [1.82, 2.24) is 0 Å². The molecular formula is C44H36Br3N5O2. The number of nitrogens with zero attached hydrogens (tertiary/aromatic N) is 3. The number of carbonyl (C=O) groups is 2. The Kier molecular flexibility index (Phi) is 14.0. The van der Waals surface area contributed by atoms with Crippen molar-refractivity contribution in [3.63, 3.8) is 0 Å². The van der Waals surface area contributed by atoms with Crippen molar-refractivity contribution >= 4 is 56.2 Å². The van der Waals surface area contributed by atoms with E-state index in [4.69, 9.17) is 0 Å². The van der Waals surface area contributed by atoms with Gasteiger partial charge in [-0.05, 0) is 84.9 Å². The van der Waals surface area contributed by atoms with Crippen LogP contribution >= 0.6 is 15.9 Å². The molecule has 2 heterocycles. The van der Waals surface area contributed by atoms with E-state index < -0.39 is 0 Å². The molecule has 0 aliphatic carbocycles. The molecule has 2 N–H and O–H groups in total.